The van der Waals surface area contributed by atoms with Crippen molar-refractivity contribution in [3.05, 3.63) is 89.9 Å². The summed E-state index contributed by atoms with van der Waals surface area (Å²) in [5.41, 5.74) is 3.28. The number of benzene rings is 3. The SMILES string of the molecule is CC(=O)Oc1ccc(-c2ccc(C(=O)OCC(O)=C(C#N)c3nc4ccccc4[nH]3)cc2)cc1. The number of hydrogen-bond acceptors (Lipinski definition) is 7. The third kappa shape index (κ3) is 4.95. The van der Waals surface area contributed by atoms with Gasteiger partial charge in [-0.3, -0.25) is 4.79 Å². The van der Waals surface area contributed by atoms with E-state index in [-0.39, 0.29) is 17.0 Å². The summed E-state index contributed by atoms with van der Waals surface area (Å²) in [7, 11) is 0. The summed E-state index contributed by atoms with van der Waals surface area (Å²) in [6.07, 6.45) is 0. The van der Waals surface area contributed by atoms with Crippen LogP contribution in [0.3, 0.4) is 0 Å². The number of nitrogens with one attached hydrogen (secondary N) is 1. The predicted molar refractivity (Wildman–Crippen MR) is 125 cm³/mol. The molecule has 0 aliphatic rings. The number of imidazole rings is 1. The summed E-state index contributed by atoms with van der Waals surface area (Å²) in [5, 5.41) is 19.8. The number of para-hydroxylation sites is 2. The molecule has 2 N–H and O–H groups in total. The zero-order valence-corrected chi connectivity index (χ0v) is 18.1. The van der Waals surface area contributed by atoms with E-state index in [9.17, 15) is 20.0 Å². The molecule has 0 atom stereocenters. The average molecular weight is 453 g/mol. The minimum Gasteiger partial charge on any atom is -0.507 e. The summed E-state index contributed by atoms with van der Waals surface area (Å²) in [6, 6.07) is 22.8. The second-order valence-electron chi connectivity index (χ2n) is 7.31. The fraction of sp³-hybridized carbons (Fsp3) is 0.0769. The van der Waals surface area contributed by atoms with E-state index >= 15 is 0 Å². The maximum atomic E-state index is 12.4. The molecule has 3 aromatic carbocycles. The molecule has 0 radical (unpaired) electrons. The van der Waals surface area contributed by atoms with Crippen LogP contribution in [0.1, 0.15) is 23.1 Å². The van der Waals surface area contributed by atoms with E-state index in [1.54, 1.807) is 60.7 Å². The van der Waals surface area contributed by atoms with Gasteiger partial charge in [0.2, 0.25) is 0 Å². The normalized spacial score (nSPS) is 11.4. The van der Waals surface area contributed by atoms with Gasteiger partial charge in [0.1, 0.15) is 24.0 Å². The van der Waals surface area contributed by atoms with Crippen molar-refractivity contribution >= 4 is 28.5 Å². The molecular weight excluding hydrogens is 434 g/mol. The average Bonchev–Trinajstić information content (AvgIpc) is 3.27. The second kappa shape index (κ2) is 9.71. The first-order chi connectivity index (χ1) is 16.4. The number of H-pyrrole nitrogens is 1. The lowest BCUT2D eigenvalue weighted by atomic mass is 10.0. The standard InChI is InChI=1S/C26H19N3O5/c1-16(30)34-20-12-10-18(11-13-20)17-6-8-19(9-7-17)26(32)33-15-24(31)21(14-27)25-28-22-4-2-3-5-23(22)29-25/h2-13,31H,15H2,1H3,(H,28,29). The van der Waals surface area contributed by atoms with Crippen molar-refractivity contribution in [3.63, 3.8) is 0 Å². The molecule has 0 saturated carbocycles. The Hall–Kier alpha value is -4.90. The Morgan fingerprint density at radius 1 is 1.00 bits per heavy atom. The molecule has 8 heteroatoms. The van der Waals surface area contributed by atoms with Crippen LogP contribution >= 0.6 is 0 Å². The number of carbonyl (C=O) groups excluding carboxylic acids is 2. The molecule has 4 rings (SSSR count). The molecule has 0 fully saturated rings. The van der Waals surface area contributed by atoms with Gasteiger partial charge < -0.3 is 19.6 Å². The van der Waals surface area contributed by atoms with Gasteiger partial charge >= 0.3 is 11.9 Å². The van der Waals surface area contributed by atoms with Crippen LogP contribution in [0.15, 0.2) is 78.6 Å². The molecule has 1 aromatic heterocycles. The van der Waals surface area contributed by atoms with Gasteiger partial charge in [-0.2, -0.15) is 5.26 Å². The number of ether oxygens (including phenoxy) is 2. The molecule has 34 heavy (non-hydrogen) atoms. The highest BCUT2D eigenvalue weighted by Crippen LogP contribution is 2.23. The second-order valence-corrected chi connectivity index (χ2v) is 7.31. The first-order valence-corrected chi connectivity index (χ1v) is 10.3. The van der Waals surface area contributed by atoms with Crippen LogP contribution in [0.4, 0.5) is 0 Å². The third-order valence-electron chi connectivity index (χ3n) is 4.94. The Morgan fingerprint density at radius 3 is 2.26 bits per heavy atom. The number of allylic oxidation sites excluding steroid dienone is 1. The summed E-state index contributed by atoms with van der Waals surface area (Å²) in [6.45, 7) is 0.860. The summed E-state index contributed by atoms with van der Waals surface area (Å²) >= 11 is 0. The summed E-state index contributed by atoms with van der Waals surface area (Å²) < 4.78 is 10.2. The Bertz CT molecular complexity index is 1400. The van der Waals surface area contributed by atoms with Crippen LogP contribution < -0.4 is 4.74 Å². The molecule has 1 heterocycles. The fourth-order valence-corrected chi connectivity index (χ4v) is 3.29. The number of aromatic amines is 1. The smallest absolute Gasteiger partial charge is 0.338 e. The number of aliphatic hydroxyl groups is 1. The maximum absolute atomic E-state index is 12.4. The third-order valence-corrected chi connectivity index (χ3v) is 4.94. The van der Waals surface area contributed by atoms with Crippen molar-refractivity contribution in [2.75, 3.05) is 6.61 Å². The van der Waals surface area contributed by atoms with Gasteiger partial charge in [-0.05, 0) is 47.5 Å². The largest absolute Gasteiger partial charge is 0.507 e. The molecule has 4 aromatic rings. The monoisotopic (exact) mass is 453 g/mol. The van der Waals surface area contributed by atoms with Crippen molar-refractivity contribution in [3.8, 4) is 22.9 Å². The molecule has 0 aliphatic carbocycles. The minimum absolute atomic E-state index is 0.100. The molecule has 0 aliphatic heterocycles. The van der Waals surface area contributed by atoms with E-state index in [0.717, 1.165) is 16.6 Å². The van der Waals surface area contributed by atoms with Crippen molar-refractivity contribution < 1.29 is 24.2 Å². The molecule has 0 unspecified atom stereocenters. The molecule has 0 saturated heterocycles. The van der Waals surface area contributed by atoms with Crippen molar-refractivity contribution in [1.29, 1.82) is 5.26 Å². The number of aromatic nitrogens is 2. The number of esters is 2. The molecule has 0 amide bonds. The molecule has 0 bridgehead atoms. The molecule has 0 spiro atoms. The van der Waals surface area contributed by atoms with E-state index in [0.29, 0.717) is 11.3 Å². The maximum Gasteiger partial charge on any atom is 0.338 e. The predicted octanol–water partition coefficient (Wildman–Crippen LogP) is 4.80. The number of fused-ring (bicyclic) bond motifs is 1. The van der Waals surface area contributed by atoms with Crippen LogP contribution in [0.2, 0.25) is 0 Å². The lowest BCUT2D eigenvalue weighted by Gasteiger charge is -2.07. The number of aliphatic hydroxyl groups excluding tert-OH is 1. The topological polar surface area (TPSA) is 125 Å². The molecule has 8 nitrogen and oxygen atoms in total. The number of hydrogen-bond donors (Lipinski definition) is 2. The van der Waals surface area contributed by atoms with E-state index in [2.05, 4.69) is 9.97 Å². The highest BCUT2D eigenvalue weighted by Gasteiger charge is 2.16. The van der Waals surface area contributed by atoms with Gasteiger partial charge in [0.25, 0.3) is 0 Å². The van der Waals surface area contributed by atoms with Crippen molar-refractivity contribution in [2.24, 2.45) is 0 Å². The lowest BCUT2D eigenvalue weighted by Crippen LogP contribution is -2.09. The Balaban J connectivity index is 1.43. The van der Waals surface area contributed by atoms with Crippen LogP contribution in [-0.4, -0.2) is 33.6 Å². The van der Waals surface area contributed by atoms with E-state index in [4.69, 9.17) is 9.47 Å². The van der Waals surface area contributed by atoms with E-state index in [1.165, 1.54) is 6.92 Å². The van der Waals surface area contributed by atoms with Gasteiger partial charge in [-0.15, -0.1) is 0 Å². The molecule has 168 valence electrons. The van der Waals surface area contributed by atoms with Crippen molar-refractivity contribution in [1.82, 2.24) is 9.97 Å². The zero-order chi connectivity index (χ0) is 24.1. The van der Waals surface area contributed by atoms with E-state index < -0.39 is 24.3 Å². The Morgan fingerprint density at radius 2 is 1.65 bits per heavy atom. The van der Waals surface area contributed by atoms with Gasteiger partial charge in [0.05, 0.1) is 16.6 Å². The number of rotatable bonds is 6. The highest BCUT2D eigenvalue weighted by molar-refractivity contribution is 5.90. The quantitative estimate of drug-likeness (QED) is 0.186. The summed E-state index contributed by atoms with van der Waals surface area (Å²) in [5.74, 6) is -0.800. The zero-order valence-electron chi connectivity index (χ0n) is 18.1. The number of nitriles is 1. The van der Waals surface area contributed by atoms with Gasteiger partial charge in [-0.1, -0.05) is 36.4 Å². The van der Waals surface area contributed by atoms with Crippen LogP contribution in [0, 0.1) is 11.3 Å². The first kappa shape index (κ1) is 22.3. The Kier molecular flexibility index (Phi) is 6.37. The van der Waals surface area contributed by atoms with Gasteiger partial charge in [-0.25, -0.2) is 9.78 Å². The highest BCUT2D eigenvalue weighted by atomic mass is 16.5. The van der Waals surface area contributed by atoms with Crippen LogP contribution in [0.5, 0.6) is 5.75 Å². The van der Waals surface area contributed by atoms with Crippen molar-refractivity contribution in [2.45, 2.75) is 6.92 Å². The summed E-state index contributed by atoms with van der Waals surface area (Å²) in [4.78, 5) is 30.7. The molecular formula is C26H19N3O5. The van der Waals surface area contributed by atoms with E-state index in [1.807, 2.05) is 18.2 Å². The first-order valence-electron chi connectivity index (χ1n) is 10.3. The number of carbonyl (C=O) groups is 2. The van der Waals surface area contributed by atoms with Gasteiger partial charge in [0, 0.05) is 6.92 Å². The lowest BCUT2D eigenvalue weighted by molar-refractivity contribution is -0.131. The van der Waals surface area contributed by atoms with Crippen LogP contribution in [-0.2, 0) is 9.53 Å². The van der Waals surface area contributed by atoms with Crippen LogP contribution in [0.25, 0.3) is 27.7 Å². The number of nitrogens with zero attached hydrogens (tertiary/aromatic N) is 2. The van der Waals surface area contributed by atoms with Gasteiger partial charge in [0.15, 0.2) is 11.6 Å². The fourth-order valence-electron chi connectivity index (χ4n) is 3.29. The minimum atomic E-state index is -0.648. The Labute approximate surface area is 194 Å².